The summed E-state index contributed by atoms with van der Waals surface area (Å²) < 4.78 is 31.2. The Bertz CT molecular complexity index is 532. The first-order valence-electron chi connectivity index (χ1n) is 4.84. The SMILES string of the molecule is COC(=O)C(Br)CNS(=O)(=O)c1cccc(Br)c1. The van der Waals surface area contributed by atoms with Crippen molar-refractivity contribution < 1.29 is 17.9 Å². The van der Waals surface area contributed by atoms with Crippen molar-refractivity contribution in [2.75, 3.05) is 13.7 Å². The van der Waals surface area contributed by atoms with Gasteiger partial charge in [-0.25, -0.2) is 13.1 Å². The molecule has 1 rings (SSSR count). The van der Waals surface area contributed by atoms with E-state index in [1.807, 2.05) is 0 Å². The van der Waals surface area contributed by atoms with Gasteiger partial charge in [0.1, 0.15) is 4.83 Å². The first kappa shape index (κ1) is 15.6. The van der Waals surface area contributed by atoms with Gasteiger partial charge < -0.3 is 4.74 Å². The third kappa shape index (κ3) is 4.34. The molecule has 0 heterocycles. The molecule has 0 aliphatic heterocycles. The van der Waals surface area contributed by atoms with Crippen LogP contribution in [0, 0.1) is 0 Å². The first-order valence-corrected chi connectivity index (χ1v) is 8.03. The summed E-state index contributed by atoms with van der Waals surface area (Å²) in [7, 11) is -2.40. The number of sulfonamides is 1. The molecule has 1 aromatic rings. The molecule has 0 radical (unpaired) electrons. The van der Waals surface area contributed by atoms with E-state index >= 15 is 0 Å². The Morgan fingerprint density at radius 2 is 2.17 bits per heavy atom. The van der Waals surface area contributed by atoms with Crippen LogP contribution >= 0.6 is 31.9 Å². The van der Waals surface area contributed by atoms with Crippen molar-refractivity contribution in [3.63, 3.8) is 0 Å². The van der Waals surface area contributed by atoms with Crippen molar-refractivity contribution in [3.8, 4) is 0 Å². The fourth-order valence-electron chi connectivity index (χ4n) is 1.11. The molecule has 1 N–H and O–H groups in total. The molecular weight excluding hydrogens is 390 g/mol. The van der Waals surface area contributed by atoms with Gasteiger partial charge in [-0.1, -0.05) is 37.9 Å². The van der Waals surface area contributed by atoms with Crippen LogP contribution in [0.2, 0.25) is 0 Å². The number of benzene rings is 1. The standard InChI is InChI=1S/C10H11Br2NO4S/c1-17-10(14)9(12)6-13-18(15,16)8-4-2-3-7(11)5-8/h2-5,9,13H,6H2,1H3. The monoisotopic (exact) mass is 399 g/mol. The van der Waals surface area contributed by atoms with Crippen molar-refractivity contribution >= 4 is 47.9 Å². The van der Waals surface area contributed by atoms with Gasteiger partial charge in [-0.15, -0.1) is 0 Å². The number of rotatable bonds is 5. The Kier molecular flexibility index (Phi) is 5.77. The molecule has 0 amide bonds. The van der Waals surface area contributed by atoms with Crippen molar-refractivity contribution in [1.29, 1.82) is 0 Å². The van der Waals surface area contributed by atoms with Gasteiger partial charge in [0.05, 0.1) is 12.0 Å². The average Bonchev–Trinajstić information content (AvgIpc) is 2.35. The summed E-state index contributed by atoms with van der Waals surface area (Å²) >= 11 is 6.23. The van der Waals surface area contributed by atoms with E-state index in [-0.39, 0.29) is 11.4 Å². The Labute approximate surface area is 122 Å². The van der Waals surface area contributed by atoms with E-state index in [9.17, 15) is 13.2 Å². The second-order valence-corrected chi connectivity index (χ2v) is 7.09. The van der Waals surface area contributed by atoms with Crippen LogP contribution in [0.4, 0.5) is 0 Å². The Balaban J connectivity index is 2.75. The van der Waals surface area contributed by atoms with Crippen LogP contribution in [-0.2, 0) is 19.6 Å². The van der Waals surface area contributed by atoms with Gasteiger partial charge in [-0.05, 0) is 18.2 Å². The average molecular weight is 401 g/mol. The van der Waals surface area contributed by atoms with E-state index in [0.717, 1.165) is 0 Å². The van der Waals surface area contributed by atoms with Crippen molar-refractivity contribution in [1.82, 2.24) is 4.72 Å². The fraction of sp³-hybridized carbons (Fsp3) is 0.300. The minimum atomic E-state index is -3.64. The van der Waals surface area contributed by atoms with E-state index in [1.165, 1.54) is 19.2 Å². The maximum atomic E-state index is 11.9. The molecule has 5 nitrogen and oxygen atoms in total. The fourth-order valence-corrected chi connectivity index (χ4v) is 3.32. The van der Waals surface area contributed by atoms with Gasteiger partial charge in [0.25, 0.3) is 0 Å². The number of carbonyl (C=O) groups excluding carboxylic acids is 1. The number of hydrogen-bond acceptors (Lipinski definition) is 4. The predicted molar refractivity (Wildman–Crippen MR) is 74.1 cm³/mol. The molecule has 0 fully saturated rings. The molecule has 18 heavy (non-hydrogen) atoms. The molecule has 8 heteroatoms. The zero-order valence-corrected chi connectivity index (χ0v) is 13.4. The van der Waals surface area contributed by atoms with Crippen LogP contribution in [0.3, 0.4) is 0 Å². The second kappa shape index (κ2) is 6.65. The van der Waals surface area contributed by atoms with E-state index in [1.54, 1.807) is 12.1 Å². The van der Waals surface area contributed by atoms with E-state index in [2.05, 4.69) is 41.3 Å². The number of carbonyl (C=O) groups is 1. The minimum Gasteiger partial charge on any atom is -0.468 e. The minimum absolute atomic E-state index is 0.0818. The maximum absolute atomic E-state index is 11.9. The number of methoxy groups -OCH3 is 1. The molecule has 1 aromatic carbocycles. The van der Waals surface area contributed by atoms with E-state index in [4.69, 9.17) is 0 Å². The Hall–Kier alpha value is -0.440. The summed E-state index contributed by atoms with van der Waals surface area (Å²) in [5.74, 6) is -0.535. The van der Waals surface area contributed by atoms with Crippen molar-refractivity contribution in [3.05, 3.63) is 28.7 Å². The van der Waals surface area contributed by atoms with Gasteiger partial charge in [0, 0.05) is 11.0 Å². The summed E-state index contributed by atoms with van der Waals surface area (Å²) in [6, 6.07) is 6.28. The first-order chi connectivity index (χ1) is 8.36. The van der Waals surface area contributed by atoms with Gasteiger partial charge in [-0.2, -0.15) is 0 Å². The van der Waals surface area contributed by atoms with Gasteiger partial charge in [0.15, 0.2) is 0 Å². The number of hydrogen-bond donors (Lipinski definition) is 1. The van der Waals surface area contributed by atoms with Crippen LogP contribution in [0.15, 0.2) is 33.6 Å². The molecule has 1 atom stereocenters. The van der Waals surface area contributed by atoms with Crippen molar-refractivity contribution in [2.45, 2.75) is 9.72 Å². The lowest BCUT2D eigenvalue weighted by atomic mass is 10.4. The molecule has 0 aromatic heterocycles. The van der Waals surface area contributed by atoms with Crippen LogP contribution < -0.4 is 4.72 Å². The Morgan fingerprint density at radius 3 is 2.72 bits per heavy atom. The Morgan fingerprint density at radius 1 is 1.50 bits per heavy atom. The molecule has 0 aliphatic rings. The quantitative estimate of drug-likeness (QED) is 0.602. The lowest BCUT2D eigenvalue weighted by Gasteiger charge is -2.10. The van der Waals surface area contributed by atoms with Gasteiger partial charge in [0.2, 0.25) is 10.0 Å². The second-order valence-electron chi connectivity index (χ2n) is 3.30. The highest BCUT2D eigenvalue weighted by atomic mass is 79.9. The number of halogens is 2. The summed E-state index contributed by atoms with van der Waals surface area (Å²) in [6.45, 7) is -0.0818. The lowest BCUT2D eigenvalue weighted by molar-refractivity contribution is -0.139. The van der Waals surface area contributed by atoms with Crippen LogP contribution in [-0.4, -0.2) is 32.9 Å². The molecular formula is C10H11Br2NO4S. The summed E-state index contributed by atoms with van der Waals surface area (Å²) in [6.07, 6.45) is 0. The number of esters is 1. The zero-order valence-electron chi connectivity index (χ0n) is 9.39. The van der Waals surface area contributed by atoms with Gasteiger partial charge in [-0.3, -0.25) is 4.79 Å². The van der Waals surface area contributed by atoms with Crippen LogP contribution in [0.5, 0.6) is 0 Å². The number of ether oxygens (including phenoxy) is 1. The smallest absolute Gasteiger partial charge is 0.320 e. The maximum Gasteiger partial charge on any atom is 0.320 e. The highest BCUT2D eigenvalue weighted by Crippen LogP contribution is 2.16. The molecule has 0 saturated heterocycles. The highest BCUT2D eigenvalue weighted by molar-refractivity contribution is 9.10. The normalized spacial score (nSPS) is 13.1. The number of alkyl halides is 1. The molecule has 0 saturated carbocycles. The molecule has 1 unspecified atom stereocenters. The third-order valence-electron chi connectivity index (χ3n) is 2.02. The molecule has 0 spiro atoms. The summed E-state index contributed by atoms with van der Waals surface area (Å²) in [5.41, 5.74) is 0. The van der Waals surface area contributed by atoms with Crippen molar-refractivity contribution in [2.24, 2.45) is 0 Å². The highest BCUT2D eigenvalue weighted by Gasteiger charge is 2.20. The zero-order chi connectivity index (χ0) is 13.8. The summed E-state index contributed by atoms with van der Waals surface area (Å²) in [4.78, 5) is 10.5. The molecule has 0 bridgehead atoms. The molecule has 100 valence electrons. The molecule has 0 aliphatic carbocycles. The topological polar surface area (TPSA) is 72.5 Å². The van der Waals surface area contributed by atoms with Crippen LogP contribution in [0.1, 0.15) is 0 Å². The predicted octanol–water partition coefficient (Wildman–Crippen LogP) is 1.66. The number of nitrogens with one attached hydrogen (secondary N) is 1. The van der Waals surface area contributed by atoms with E-state index in [0.29, 0.717) is 4.47 Å². The third-order valence-corrected chi connectivity index (χ3v) is 4.63. The lowest BCUT2D eigenvalue weighted by Crippen LogP contribution is -2.33. The van der Waals surface area contributed by atoms with Crippen LogP contribution in [0.25, 0.3) is 0 Å². The van der Waals surface area contributed by atoms with E-state index < -0.39 is 20.8 Å². The summed E-state index contributed by atoms with van der Waals surface area (Å²) in [5, 5.41) is 0. The van der Waals surface area contributed by atoms with Gasteiger partial charge >= 0.3 is 5.97 Å². The largest absolute Gasteiger partial charge is 0.468 e.